The van der Waals surface area contributed by atoms with Crippen LogP contribution >= 0.6 is 24.0 Å². The summed E-state index contributed by atoms with van der Waals surface area (Å²) in [5, 5.41) is 6.46. The van der Waals surface area contributed by atoms with Crippen molar-refractivity contribution in [2.24, 2.45) is 4.99 Å². The molecule has 1 heterocycles. The largest absolute Gasteiger partial charge is 0.493 e. The van der Waals surface area contributed by atoms with Crippen molar-refractivity contribution in [3.63, 3.8) is 0 Å². The van der Waals surface area contributed by atoms with Gasteiger partial charge in [0.1, 0.15) is 6.26 Å². The van der Waals surface area contributed by atoms with Gasteiger partial charge in [0.15, 0.2) is 17.5 Å². The predicted molar refractivity (Wildman–Crippen MR) is 130 cm³/mol. The number of halogens is 1. The van der Waals surface area contributed by atoms with Gasteiger partial charge in [-0.05, 0) is 38.1 Å². The molecule has 0 unspecified atom stereocenters. The van der Waals surface area contributed by atoms with Crippen molar-refractivity contribution in [2.45, 2.75) is 20.4 Å². The number of ether oxygens (including phenoxy) is 2. The highest BCUT2D eigenvalue weighted by atomic mass is 127. The number of aryl methyl sites for hydroxylation is 1. The summed E-state index contributed by atoms with van der Waals surface area (Å²) in [6, 6.07) is 13.7. The van der Waals surface area contributed by atoms with Gasteiger partial charge >= 0.3 is 0 Å². The van der Waals surface area contributed by atoms with Crippen LogP contribution in [0, 0.1) is 6.92 Å². The number of benzene rings is 2. The number of oxazole rings is 1. The van der Waals surface area contributed by atoms with Gasteiger partial charge in [0, 0.05) is 24.4 Å². The Morgan fingerprint density at radius 2 is 1.90 bits per heavy atom. The summed E-state index contributed by atoms with van der Waals surface area (Å²) < 4.78 is 16.5. The van der Waals surface area contributed by atoms with Crippen molar-refractivity contribution in [1.82, 2.24) is 10.3 Å². The first-order chi connectivity index (χ1) is 14.1. The Morgan fingerprint density at radius 3 is 2.57 bits per heavy atom. The summed E-state index contributed by atoms with van der Waals surface area (Å²) in [6.07, 6.45) is 1.65. The lowest BCUT2D eigenvalue weighted by Gasteiger charge is -2.14. The number of rotatable bonds is 7. The van der Waals surface area contributed by atoms with Crippen molar-refractivity contribution in [3.05, 3.63) is 60.0 Å². The first-order valence-electron chi connectivity index (χ1n) is 9.43. The highest BCUT2D eigenvalue weighted by Crippen LogP contribution is 2.30. The second kappa shape index (κ2) is 11.4. The summed E-state index contributed by atoms with van der Waals surface area (Å²) in [6.45, 7) is 5.04. The fourth-order valence-electron chi connectivity index (χ4n) is 2.73. The van der Waals surface area contributed by atoms with Crippen LogP contribution in [0.25, 0.3) is 11.5 Å². The molecular weight excluding hydrogens is 495 g/mol. The molecule has 30 heavy (non-hydrogen) atoms. The van der Waals surface area contributed by atoms with E-state index in [0.29, 0.717) is 36.5 Å². The van der Waals surface area contributed by atoms with Gasteiger partial charge in [0.25, 0.3) is 0 Å². The number of anilines is 1. The number of aromatic nitrogens is 1. The Hall–Kier alpha value is -2.75. The Balaban J connectivity index is 0.00000320. The van der Waals surface area contributed by atoms with Crippen LogP contribution in [-0.4, -0.2) is 31.7 Å². The molecule has 0 aliphatic carbocycles. The van der Waals surface area contributed by atoms with Crippen LogP contribution in [0.4, 0.5) is 5.69 Å². The SMILES string of the molecule is CCOc1ccc(NC(=NC)NCc2coc(-c3ccc(C)cc3)n2)cc1OC.I. The second-order valence-electron chi connectivity index (χ2n) is 6.36. The van der Waals surface area contributed by atoms with Gasteiger partial charge in [-0.2, -0.15) is 0 Å². The van der Waals surface area contributed by atoms with E-state index in [1.807, 2.05) is 56.3 Å². The lowest BCUT2D eigenvalue weighted by Crippen LogP contribution is -2.30. The number of hydrogen-bond acceptors (Lipinski definition) is 5. The van der Waals surface area contributed by atoms with E-state index in [0.717, 1.165) is 16.9 Å². The molecule has 0 spiro atoms. The summed E-state index contributed by atoms with van der Waals surface area (Å²) >= 11 is 0. The maximum absolute atomic E-state index is 5.60. The average Bonchev–Trinajstić information content (AvgIpc) is 3.21. The van der Waals surface area contributed by atoms with Crippen molar-refractivity contribution in [1.29, 1.82) is 0 Å². The Labute approximate surface area is 193 Å². The van der Waals surface area contributed by atoms with E-state index < -0.39 is 0 Å². The molecule has 2 aromatic carbocycles. The van der Waals surface area contributed by atoms with Crippen molar-refractivity contribution < 1.29 is 13.9 Å². The third kappa shape index (κ3) is 6.12. The maximum atomic E-state index is 5.60. The van der Waals surface area contributed by atoms with Crippen molar-refractivity contribution >= 4 is 35.6 Å². The Bertz CT molecular complexity index is 971. The molecule has 7 nitrogen and oxygen atoms in total. The Kier molecular flexibility index (Phi) is 8.97. The summed E-state index contributed by atoms with van der Waals surface area (Å²) in [4.78, 5) is 8.79. The van der Waals surface area contributed by atoms with Crippen LogP contribution in [-0.2, 0) is 6.54 Å². The molecule has 0 saturated heterocycles. The molecule has 3 aromatic rings. The zero-order valence-electron chi connectivity index (χ0n) is 17.6. The minimum absolute atomic E-state index is 0. The topological polar surface area (TPSA) is 80.9 Å². The minimum Gasteiger partial charge on any atom is -0.493 e. The van der Waals surface area contributed by atoms with Crippen LogP contribution in [0.3, 0.4) is 0 Å². The second-order valence-corrected chi connectivity index (χ2v) is 6.36. The van der Waals surface area contributed by atoms with Gasteiger partial charge in [-0.25, -0.2) is 4.98 Å². The molecule has 0 amide bonds. The maximum Gasteiger partial charge on any atom is 0.226 e. The van der Waals surface area contributed by atoms with Crippen LogP contribution in [0.1, 0.15) is 18.2 Å². The van der Waals surface area contributed by atoms with E-state index >= 15 is 0 Å². The number of nitrogens with one attached hydrogen (secondary N) is 2. The van der Waals surface area contributed by atoms with E-state index in [2.05, 4.69) is 20.6 Å². The fraction of sp³-hybridized carbons (Fsp3) is 0.273. The minimum atomic E-state index is 0. The molecular formula is C22H27IN4O3. The molecule has 0 radical (unpaired) electrons. The first kappa shape index (κ1) is 23.5. The van der Waals surface area contributed by atoms with E-state index in [9.17, 15) is 0 Å². The fourth-order valence-corrected chi connectivity index (χ4v) is 2.73. The van der Waals surface area contributed by atoms with Crippen LogP contribution in [0.5, 0.6) is 11.5 Å². The molecule has 8 heteroatoms. The summed E-state index contributed by atoms with van der Waals surface area (Å²) in [5.41, 5.74) is 3.76. The molecule has 2 N–H and O–H groups in total. The van der Waals surface area contributed by atoms with Crippen molar-refractivity contribution in [3.8, 4) is 23.0 Å². The van der Waals surface area contributed by atoms with Gasteiger partial charge in [-0.3, -0.25) is 4.99 Å². The highest BCUT2D eigenvalue weighted by molar-refractivity contribution is 14.0. The molecule has 1 aromatic heterocycles. The number of nitrogens with zero attached hydrogens (tertiary/aromatic N) is 2. The molecule has 0 bridgehead atoms. The summed E-state index contributed by atoms with van der Waals surface area (Å²) in [7, 11) is 3.33. The van der Waals surface area contributed by atoms with E-state index in [4.69, 9.17) is 13.9 Å². The lowest BCUT2D eigenvalue weighted by atomic mass is 10.1. The van der Waals surface area contributed by atoms with Gasteiger partial charge < -0.3 is 24.5 Å². The number of aliphatic imine (C=N–C) groups is 1. The quantitative estimate of drug-likeness (QED) is 0.262. The molecule has 3 rings (SSSR count). The van der Waals surface area contributed by atoms with Crippen molar-refractivity contribution in [2.75, 3.05) is 26.1 Å². The number of methoxy groups -OCH3 is 1. The predicted octanol–water partition coefficient (Wildman–Crippen LogP) is 4.86. The highest BCUT2D eigenvalue weighted by Gasteiger charge is 2.09. The molecule has 0 aliphatic rings. The van der Waals surface area contributed by atoms with Gasteiger partial charge in [0.05, 0.1) is 26.0 Å². The monoisotopic (exact) mass is 522 g/mol. The zero-order chi connectivity index (χ0) is 20.6. The van der Waals surface area contributed by atoms with Crippen LogP contribution in [0.2, 0.25) is 0 Å². The zero-order valence-corrected chi connectivity index (χ0v) is 19.9. The third-order valence-electron chi connectivity index (χ3n) is 4.24. The van der Waals surface area contributed by atoms with E-state index in [1.54, 1.807) is 20.4 Å². The first-order valence-corrected chi connectivity index (χ1v) is 9.43. The van der Waals surface area contributed by atoms with Crippen LogP contribution in [0.15, 0.2) is 58.1 Å². The van der Waals surface area contributed by atoms with E-state index in [1.165, 1.54) is 5.56 Å². The Morgan fingerprint density at radius 1 is 1.13 bits per heavy atom. The van der Waals surface area contributed by atoms with E-state index in [-0.39, 0.29) is 24.0 Å². The third-order valence-corrected chi connectivity index (χ3v) is 4.24. The molecule has 0 fully saturated rings. The molecule has 0 atom stereocenters. The molecule has 0 saturated carbocycles. The van der Waals surface area contributed by atoms with Gasteiger partial charge in [0.2, 0.25) is 5.89 Å². The average molecular weight is 522 g/mol. The summed E-state index contributed by atoms with van der Waals surface area (Å²) in [5.74, 6) is 2.57. The normalized spacial score (nSPS) is 10.9. The molecule has 0 aliphatic heterocycles. The smallest absolute Gasteiger partial charge is 0.226 e. The number of hydrogen-bond donors (Lipinski definition) is 2. The molecule has 160 valence electrons. The van der Waals surface area contributed by atoms with Gasteiger partial charge in [-0.15, -0.1) is 24.0 Å². The van der Waals surface area contributed by atoms with Gasteiger partial charge in [-0.1, -0.05) is 17.7 Å². The lowest BCUT2D eigenvalue weighted by molar-refractivity contribution is 0.311. The van der Waals surface area contributed by atoms with Crippen LogP contribution < -0.4 is 20.1 Å². The standard InChI is InChI=1S/C22H26N4O3.HI/c1-5-28-19-11-10-17(12-20(19)27-4)26-22(23-3)24-13-18-14-29-21(25-18)16-8-6-15(2)7-9-16;/h6-12,14H,5,13H2,1-4H3,(H2,23,24,26);1H. The number of guanidine groups is 1.